The zero-order valence-electron chi connectivity index (χ0n) is 10.8. The number of halogens is 1. The third kappa shape index (κ3) is 3.66. The molecule has 100 valence electrons. The number of ether oxygens (including phenoxy) is 1. The van der Waals surface area contributed by atoms with Crippen LogP contribution in [0.25, 0.3) is 0 Å². The second kappa shape index (κ2) is 5.99. The van der Waals surface area contributed by atoms with Crippen LogP contribution < -0.4 is 4.74 Å². The van der Waals surface area contributed by atoms with Crippen LogP contribution in [0.4, 0.5) is 0 Å². The predicted molar refractivity (Wildman–Crippen MR) is 73.6 cm³/mol. The van der Waals surface area contributed by atoms with Crippen molar-refractivity contribution in [3.63, 3.8) is 0 Å². The van der Waals surface area contributed by atoms with Gasteiger partial charge in [0.2, 0.25) is 5.88 Å². The van der Waals surface area contributed by atoms with Gasteiger partial charge in [0, 0.05) is 24.0 Å². The average molecular weight is 279 g/mol. The van der Waals surface area contributed by atoms with Crippen molar-refractivity contribution in [2.75, 3.05) is 0 Å². The van der Waals surface area contributed by atoms with Crippen LogP contribution in [-0.4, -0.2) is 15.1 Å². The number of aromatic nitrogens is 2. The molecule has 2 heterocycles. The Labute approximate surface area is 117 Å². The molecule has 0 amide bonds. The van der Waals surface area contributed by atoms with E-state index in [1.54, 1.807) is 18.3 Å². The monoisotopic (exact) mass is 278 g/mol. The quantitative estimate of drug-likeness (QED) is 0.929. The van der Waals surface area contributed by atoms with Gasteiger partial charge in [0.25, 0.3) is 0 Å². The Balaban J connectivity index is 2.31. The van der Waals surface area contributed by atoms with Crippen molar-refractivity contribution in [3.8, 4) is 11.6 Å². The maximum atomic E-state index is 9.26. The summed E-state index contributed by atoms with van der Waals surface area (Å²) in [7, 11) is 0. The minimum Gasteiger partial charge on any atom is -0.437 e. The molecule has 0 saturated heterocycles. The van der Waals surface area contributed by atoms with Crippen LogP contribution in [0.3, 0.4) is 0 Å². The van der Waals surface area contributed by atoms with Crippen LogP contribution in [0.5, 0.6) is 11.6 Å². The van der Waals surface area contributed by atoms with E-state index in [9.17, 15) is 5.11 Å². The molecule has 0 aliphatic carbocycles. The van der Waals surface area contributed by atoms with Crippen LogP contribution in [0, 0.1) is 0 Å². The molecule has 2 aromatic heterocycles. The first kappa shape index (κ1) is 13.8. The standard InChI is InChI=1S/C14H15ClN2O2/c1-9(2)13-3-10(8-18)4-14(17-13)19-12-5-11(15)6-16-7-12/h3-7,9,18H,8H2,1-2H3. The highest BCUT2D eigenvalue weighted by Gasteiger charge is 2.08. The maximum absolute atomic E-state index is 9.26. The normalized spacial score (nSPS) is 10.8. The Morgan fingerprint density at radius 1 is 1.26 bits per heavy atom. The minimum absolute atomic E-state index is 0.0492. The molecule has 0 aromatic carbocycles. The van der Waals surface area contributed by atoms with Crippen LogP contribution in [0.1, 0.15) is 31.0 Å². The van der Waals surface area contributed by atoms with Crippen LogP contribution in [-0.2, 0) is 6.61 Å². The molecule has 2 rings (SSSR count). The van der Waals surface area contributed by atoms with Gasteiger partial charge in [0.15, 0.2) is 0 Å². The molecule has 0 unspecified atom stereocenters. The van der Waals surface area contributed by atoms with E-state index in [4.69, 9.17) is 16.3 Å². The number of pyridine rings is 2. The van der Waals surface area contributed by atoms with E-state index >= 15 is 0 Å². The third-order valence-corrected chi connectivity index (χ3v) is 2.76. The molecule has 5 heteroatoms. The number of hydrogen-bond acceptors (Lipinski definition) is 4. The first-order valence-electron chi connectivity index (χ1n) is 5.98. The summed E-state index contributed by atoms with van der Waals surface area (Å²) >= 11 is 5.85. The van der Waals surface area contributed by atoms with Crippen molar-refractivity contribution in [1.29, 1.82) is 0 Å². The summed E-state index contributed by atoms with van der Waals surface area (Å²) in [4.78, 5) is 8.35. The van der Waals surface area contributed by atoms with E-state index in [1.165, 1.54) is 6.20 Å². The third-order valence-electron chi connectivity index (χ3n) is 2.56. The van der Waals surface area contributed by atoms with Gasteiger partial charge in [0.05, 0.1) is 17.8 Å². The smallest absolute Gasteiger partial charge is 0.219 e. The van der Waals surface area contributed by atoms with E-state index < -0.39 is 0 Å². The lowest BCUT2D eigenvalue weighted by molar-refractivity contribution is 0.280. The lowest BCUT2D eigenvalue weighted by Crippen LogP contribution is -1.98. The van der Waals surface area contributed by atoms with Gasteiger partial charge < -0.3 is 9.84 Å². The second-order valence-corrected chi connectivity index (χ2v) is 4.93. The van der Waals surface area contributed by atoms with E-state index in [-0.39, 0.29) is 12.5 Å². The van der Waals surface area contributed by atoms with Gasteiger partial charge in [-0.05, 0) is 17.5 Å². The molecule has 2 aromatic rings. The number of nitrogens with zero attached hydrogens (tertiary/aromatic N) is 2. The van der Waals surface area contributed by atoms with Crippen molar-refractivity contribution >= 4 is 11.6 Å². The lowest BCUT2D eigenvalue weighted by atomic mass is 10.1. The van der Waals surface area contributed by atoms with Crippen LogP contribution in [0.2, 0.25) is 5.02 Å². The molecule has 0 aliphatic heterocycles. The molecule has 0 bridgehead atoms. The van der Waals surface area contributed by atoms with Gasteiger partial charge >= 0.3 is 0 Å². The van der Waals surface area contributed by atoms with Crippen LogP contribution in [0.15, 0.2) is 30.6 Å². The molecule has 0 atom stereocenters. The fourth-order valence-electron chi connectivity index (χ4n) is 1.59. The van der Waals surface area contributed by atoms with Gasteiger partial charge in [0.1, 0.15) is 5.75 Å². The summed E-state index contributed by atoms with van der Waals surface area (Å²) in [5.41, 5.74) is 1.64. The zero-order chi connectivity index (χ0) is 13.8. The first-order chi connectivity index (χ1) is 9.08. The molecule has 0 saturated carbocycles. The second-order valence-electron chi connectivity index (χ2n) is 4.49. The van der Waals surface area contributed by atoms with E-state index in [0.29, 0.717) is 16.7 Å². The topological polar surface area (TPSA) is 55.2 Å². The fraction of sp³-hybridized carbons (Fsp3) is 0.286. The number of hydrogen-bond donors (Lipinski definition) is 1. The number of rotatable bonds is 4. The van der Waals surface area contributed by atoms with E-state index in [2.05, 4.69) is 9.97 Å². The lowest BCUT2D eigenvalue weighted by Gasteiger charge is -2.10. The predicted octanol–water partition coefficient (Wildman–Crippen LogP) is 3.54. The van der Waals surface area contributed by atoms with Crippen LogP contribution >= 0.6 is 11.6 Å². The summed E-state index contributed by atoms with van der Waals surface area (Å²) in [6.45, 7) is 4.02. The number of aliphatic hydroxyl groups excluding tert-OH is 1. The average Bonchev–Trinajstić information content (AvgIpc) is 2.38. The molecule has 0 spiro atoms. The van der Waals surface area contributed by atoms with Gasteiger partial charge in [-0.3, -0.25) is 4.98 Å². The molecule has 0 radical (unpaired) electrons. The van der Waals surface area contributed by atoms with E-state index in [1.807, 2.05) is 19.9 Å². The highest BCUT2D eigenvalue weighted by Crippen LogP contribution is 2.25. The van der Waals surface area contributed by atoms with Gasteiger partial charge in [-0.1, -0.05) is 25.4 Å². The van der Waals surface area contributed by atoms with Gasteiger partial charge in [-0.2, -0.15) is 0 Å². The molecule has 0 fully saturated rings. The van der Waals surface area contributed by atoms with Crippen molar-refractivity contribution in [3.05, 3.63) is 46.9 Å². The highest BCUT2D eigenvalue weighted by molar-refractivity contribution is 6.30. The summed E-state index contributed by atoms with van der Waals surface area (Å²) in [5, 5.41) is 9.76. The Hall–Kier alpha value is -1.65. The first-order valence-corrected chi connectivity index (χ1v) is 6.36. The highest BCUT2D eigenvalue weighted by atomic mass is 35.5. The Kier molecular flexibility index (Phi) is 4.35. The molecule has 0 aliphatic rings. The summed E-state index contributed by atoms with van der Waals surface area (Å²) in [6, 6.07) is 5.23. The Morgan fingerprint density at radius 2 is 2.05 bits per heavy atom. The van der Waals surface area contributed by atoms with Gasteiger partial charge in [-0.25, -0.2) is 4.98 Å². The zero-order valence-corrected chi connectivity index (χ0v) is 11.6. The summed E-state index contributed by atoms with van der Waals surface area (Å²) in [6.07, 6.45) is 3.10. The maximum Gasteiger partial charge on any atom is 0.219 e. The number of aliphatic hydroxyl groups is 1. The van der Waals surface area contributed by atoms with Crippen molar-refractivity contribution < 1.29 is 9.84 Å². The molecule has 1 N–H and O–H groups in total. The summed E-state index contributed by atoms with van der Waals surface area (Å²) < 4.78 is 5.62. The van der Waals surface area contributed by atoms with E-state index in [0.717, 1.165) is 11.3 Å². The minimum atomic E-state index is -0.0492. The van der Waals surface area contributed by atoms with Crippen molar-refractivity contribution in [2.45, 2.75) is 26.4 Å². The van der Waals surface area contributed by atoms with Gasteiger partial charge in [-0.15, -0.1) is 0 Å². The largest absolute Gasteiger partial charge is 0.437 e. The van der Waals surface area contributed by atoms with Crippen molar-refractivity contribution in [2.24, 2.45) is 0 Å². The Morgan fingerprint density at radius 3 is 2.68 bits per heavy atom. The molecular formula is C14H15ClN2O2. The molecule has 19 heavy (non-hydrogen) atoms. The fourth-order valence-corrected chi connectivity index (χ4v) is 1.75. The Bertz CT molecular complexity index is 573. The molecular weight excluding hydrogens is 264 g/mol. The summed E-state index contributed by atoms with van der Waals surface area (Å²) in [5.74, 6) is 1.20. The molecule has 4 nitrogen and oxygen atoms in total. The SMILES string of the molecule is CC(C)c1cc(CO)cc(Oc2cncc(Cl)c2)n1. The van der Waals surface area contributed by atoms with Crippen molar-refractivity contribution in [1.82, 2.24) is 9.97 Å².